The minimum absolute atomic E-state index is 0.232. The van der Waals surface area contributed by atoms with Gasteiger partial charge in [0.2, 0.25) is 0 Å². The van der Waals surface area contributed by atoms with Gasteiger partial charge in [-0.15, -0.1) is 0 Å². The zero-order valence-electron chi connectivity index (χ0n) is 15.3. The number of nitrogens with one attached hydrogen (secondary N) is 1. The molecule has 2 aromatic carbocycles. The van der Waals surface area contributed by atoms with Gasteiger partial charge < -0.3 is 14.8 Å². The predicted molar refractivity (Wildman–Crippen MR) is 105 cm³/mol. The molecule has 0 aliphatic carbocycles. The van der Waals surface area contributed by atoms with Crippen LogP contribution in [0.5, 0.6) is 11.5 Å². The first-order chi connectivity index (χ1) is 12.7. The quantitative estimate of drug-likeness (QED) is 0.577. The average Bonchev–Trinajstić information content (AvgIpc) is 2.66. The SMILES string of the molecule is CCC(NCc1ccc(OC)c(OCCCC#N)c1)c1cccc(Cl)c1. The van der Waals surface area contributed by atoms with E-state index < -0.39 is 0 Å². The summed E-state index contributed by atoms with van der Waals surface area (Å²) < 4.78 is 11.1. The van der Waals surface area contributed by atoms with E-state index in [1.54, 1.807) is 7.11 Å². The van der Waals surface area contributed by atoms with E-state index >= 15 is 0 Å². The van der Waals surface area contributed by atoms with E-state index in [1.807, 2.05) is 36.4 Å². The van der Waals surface area contributed by atoms with Gasteiger partial charge in [0, 0.05) is 24.0 Å². The zero-order valence-corrected chi connectivity index (χ0v) is 16.1. The number of hydrogen-bond acceptors (Lipinski definition) is 4. The van der Waals surface area contributed by atoms with Crippen molar-refractivity contribution in [3.8, 4) is 17.6 Å². The van der Waals surface area contributed by atoms with E-state index in [2.05, 4.69) is 24.4 Å². The number of nitrogens with zero attached hydrogens (tertiary/aromatic N) is 1. The lowest BCUT2D eigenvalue weighted by Crippen LogP contribution is -2.20. The molecule has 0 fully saturated rings. The number of rotatable bonds is 10. The smallest absolute Gasteiger partial charge is 0.161 e. The maximum absolute atomic E-state index is 8.62. The number of ether oxygens (including phenoxy) is 2. The molecule has 1 atom stereocenters. The summed E-state index contributed by atoms with van der Waals surface area (Å²) in [6, 6.07) is 16.2. The fourth-order valence-corrected chi connectivity index (χ4v) is 2.94. The minimum Gasteiger partial charge on any atom is -0.493 e. The van der Waals surface area contributed by atoms with Crippen LogP contribution in [0.25, 0.3) is 0 Å². The fourth-order valence-electron chi connectivity index (χ4n) is 2.74. The number of unbranched alkanes of at least 4 members (excludes halogenated alkanes) is 1. The summed E-state index contributed by atoms with van der Waals surface area (Å²) in [6.45, 7) is 3.36. The van der Waals surface area contributed by atoms with Crippen LogP contribution in [0.1, 0.15) is 43.4 Å². The van der Waals surface area contributed by atoms with E-state index in [0.29, 0.717) is 37.5 Å². The van der Waals surface area contributed by atoms with Crippen molar-refractivity contribution in [2.24, 2.45) is 0 Å². The second kappa shape index (κ2) is 10.7. The summed E-state index contributed by atoms with van der Waals surface area (Å²) >= 11 is 6.11. The van der Waals surface area contributed by atoms with E-state index in [-0.39, 0.29) is 6.04 Å². The summed E-state index contributed by atoms with van der Waals surface area (Å²) in [7, 11) is 1.63. The van der Waals surface area contributed by atoms with Gasteiger partial charge in [-0.05, 0) is 48.2 Å². The lowest BCUT2D eigenvalue weighted by atomic mass is 10.0. The van der Waals surface area contributed by atoms with Crippen molar-refractivity contribution < 1.29 is 9.47 Å². The normalized spacial score (nSPS) is 11.6. The highest BCUT2D eigenvalue weighted by Crippen LogP contribution is 2.29. The van der Waals surface area contributed by atoms with Crippen molar-refractivity contribution in [3.05, 3.63) is 58.6 Å². The zero-order chi connectivity index (χ0) is 18.8. The molecule has 26 heavy (non-hydrogen) atoms. The van der Waals surface area contributed by atoms with Crippen LogP contribution in [0.4, 0.5) is 0 Å². The molecule has 0 radical (unpaired) electrons. The topological polar surface area (TPSA) is 54.3 Å². The predicted octanol–water partition coefficient (Wildman–Crippen LogP) is 5.27. The molecule has 138 valence electrons. The monoisotopic (exact) mass is 372 g/mol. The highest BCUT2D eigenvalue weighted by atomic mass is 35.5. The summed E-state index contributed by atoms with van der Waals surface area (Å²) in [5.41, 5.74) is 2.29. The largest absolute Gasteiger partial charge is 0.493 e. The Balaban J connectivity index is 2.02. The first kappa shape index (κ1) is 20.1. The van der Waals surface area contributed by atoms with E-state index in [4.69, 9.17) is 26.3 Å². The van der Waals surface area contributed by atoms with E-state index in [9.17, 15) is 0 Å². The molecule has 0 heterocycles. The Morgan fingerprint density at radius 2 is 2.04 bits per heavy atom. The number of benzene rings is 2. The lowest BCUT2D eigenvalue weighted by Gasteiger charge is -2.18. The Kier molecular flexibility index (Phi) is 8.27. The van der Waals surface area contributed by atoms with Crippen molar-refractivity contribution in [2.45, 2.75) is 38.8 Å². The number of hydrogen-bond donors (Lipinski definition) is 1. The van der Waals surface area contributed by atoms with Crippen LogP contribution < -0.4 is 14.8 Å². The maximum Gasteiger partial charge on any atom is 0.161 e. The second-order valence-electron chi connectivity index (χ2n) is 5.99. The van der Waals surface area contributed by atoms with Gasteiger partial charge in [0.25, 0.3) is 0 Å². The lowest BCUT2D eigenvalue weighted by molar-refractivity contribution is 0.290. The summed E-state index contributed by atoms with van der Waals surface area (Å²) in [5.74, 6) is 1.41. The van der Waals surface area contributed by atoms with Gasteiger partial charge >= 0.3 is 0 Å². The van der Waals surface area contributed by atoms with Gasteiger partial charge in [0.1, 0.15) is 0 Å². The maximum atomic E-state index is 8.62. The molecular formula is C21H25ClN2O2. The number of methoxy groups -OCH3 is 1. The van der Waals surface area contributed by atoms with Gasteiger partial charge in [-0.25, -0.2) is 0 Å². The average molecular weight is 373 g/mol. The van der Waals surface area contributed by atoms with Gasteiger partial charge in [0.05, 0.1) is 19.8 Å². The van der Waals surface area contributed by atoms with Crippen LogP contribution in [-0.4, -0.2) is 13.7 Å². The van der Waals surface area contributed by atoms with Crippen LogP contribution in [-0.2, 0) is 6.54 Å². The molecule has 0 spiro atoms. The Labute approximate surface area is 160 Å². The van der Waals surface area contributed by atoms with Crippen LogP contribution in [0.2, 0.25) is 5.02 Å². The molecule has 0 amide bonds. The molecule has 2 aromatic rings. The van der Waals surface area contributed by atoms with Gasteiger partial charge in [-0.2, -0.15) is 5.26 Å². The fraction of sp³-hybridized carbons (Fsp3) is 0.381. The molecule has 0 bridgehead atoms. The van der Waals surface area contributed by atoms with Crippen LogP contribution >= 0.6 is 11.6 Å². The molecule has 4 nitrogen and oxygen atoms in total. The summed E-state index contributed by atoms with van der Waals surface area (Å²) in [5, 5.41) is 12.9. The standard InChI is InChI=1S/C21H25ClN2O2/c1-3-19(17-7-6-8-18(22)14-17)24-15-16-9-10-20(25-2)21(13-16)26-12-5-4-11-23/h6-10,13-14,19,24H,3-5,12,15H2,1-2H3. The molecule has 1 unspecified atom stereocenters. The van der Waals surface area contributed by atoms with Gasteiger partial charge in [-0.1, -0.05) is 36.7 Å². The van der Waals surface area contributed by atoms with Crippen molar-refractivity contribution in [1.82, 2.24) is 5.32 Å². The first-order valence-electron chi connectivity index (χ1n) is 8.83. The number of nitriles is 1. The van der Waals surface area contributed by atoms with Crippen LogP contribution in [0, 0.1) is 11.3 Å². The number of halogens is 1. The van der Waals surface area contributed by atoms with Crippen LogP contribution in [0.3, 0.4) is 0 Å². The minimum atomic E-state index is 0.232. The third-order valence-corrected chi connectivity index (χ3v) is 4.37. The molecular weight excluding hydrogens is 348 g/mol. The van der Waals surface area contributed by atoms with Gasteiger partial charge in [0.15, 0.2) is 11.5 Å². The van der Waals surface area contributed by atoms with Crippen LogP contribution in [0.15, 0.2) is 42.5 Å². The Bertz CT molecular complexity index is 743. The third-order valence-electron chi connectivity index (χ3n) is 4.13. The second-order valence-corrected chi connectivity index (χ2v) is 6.43. The first-order valence-corrected chi connectivity index (χ1v) is 9.21. The molecule has 1 N–H and O–H groups in total. The molecule has 2 rings (SSSR count). The molecule has 0 aliphatic heterocycles. The van der Waals surface area contributed by atoms with E-state index in [1.165, 1.54) is 5.56 Å². The molecule has 0 aliphatic rings. The van der Waals surface area contributed by atoms with Gasteiger partial charge in [-0.3, -0.25) is 0 Å². The molecule has 0 saturated heterocycles. The third kappa shape index (κ3) is 5.94. The Morgan fingerprint density at radius 3 is 2.73 bits per heavy atom. The van der Waals surface area contributed by atoms with E-state index in [0.717, 1.165) is 17.0 Å². The van der Waals surface area contributed by atoms with Crippen molar-refractivity contribution in [3.63, 3.8) is 0 Å². The summed E-state index contributed by atoms with van der Waals surface area (Å²) in [6.07, 6.45) is 2.16. The Hall–Kier alpha value is -2.22. The Morgan fingerprint density at radius 1 is 1.19 bits per heavy atom. The van der Waals surface area contributed by atoms with Crippen molar-refractivity contribution >= 4 is 11.6 Å². The highest BCUT2D eigenvalue weighted by molar-refractivity contribution is 6.30. The van der Waals surface area contributed by atoms with Crippen molar-refractivity contribution in [2.75, 3.05) is 13.7 Å². The molecule has 0 aromatic heterocycles. The summed E-state index contributed by atoms with van der Waals surface area (Å²) in [4.78, 5) is 0. The highest BCUT2D eigenvalue weighted by Gasteiger charge is 2.11. The molecule has 5 heteroatoms. The molecule has 0 saturated carbocycles. The van der Waals surface area contributed by atoms with Crippen molar-refractivity contribution in [1.29, 1.82) is 5.26 Å².